The van der Waals surface area contributed by atoms with E-state index in [1.807, 2.05) is 30.3 Å². The number of nitrogens with two attached hydrogens (primary N) is 1. The first-order valence-electron chi connectivity index (χ1n) is 9.33. The molecule has 0 aliphatic carbocycles. The summed E-state index contributed by atoms with van der Waals surface area (Å²) in [6.07, 6.45) is 2.25. The van der Waals surface area contributed by atoms with Gasteiger partial charge < -0.3 is 10.6 Å². The summed E-state index contributed by atoms with van der Waals surface area (Å²) in [5.74, 6) is 0.712. The van der Waals surface area contributed by atoms with Crippen LogP contribution in [0, 0.1) is 5.82 Å². The molecule has 0 saturated carbocycles. The van der Waals surface area contributed by atoms with E-state index in [1.54, 1.807) is 12.1 Å². The van der Waals surface area contributed by atoms with E-state index in [9.17, 15) is 4.39 Å². The Hall–Kier alpha value is -3.48. The molecule has 1 saturated heterocycles. The molecule has 140 valence electrons. The predicted molar refractivity (Wildman–Crippen MR) is 108 cm³/mol. The largest absolute Gasteiger partial charge is 0.383 e. The zero-order valence-electron chi connectivity index (χ0n) is 15.2. The molecule has 0 unspecified atom stereocenters. The highest BCUT2D eigenvalue weighted by Crippen LogP contribution is 2.33. The molecule has 0 atom stereocenters. The van der Waals surface area contributed by atoms with Gasteiger partial charge in [0, 0.05) is 18.7 Å². The van der Waals surface area contributed by atoms with Gasteiger partial charge in [0.25, 0.3) is 0 Å². The number of nitrogens with zero attached hydrogens (tertiary/aromatic N) is 5. The fourth-order valence-corrected chi connectivity index (χ4v) is 3.67. The summed E-state index contributed by atoms with van der Waals surface area (Å²) < 4.78 is 15.3. The third-order valence-corrected chi connectivity index (χ3v) is 5.05. The Bertz CT molecular complexity index is 1150. The number of aromatic nitrogens is 4. The number of halogens is 1. The molecule has 2 N–H and O–H groups in total. The maximum absolute atomic E-state index is 13.7. The lowest BCUT2D eigenvalue weighted by Gasteiger charge is -2.16. The molecular weight excluding hydrogens is 355 g/mol. The first kappa shape index (κ1) is 16.7. The topological polar surface area (TPSA) is 72.9 Å². The van der Waals surface area contributed by atoms with E-state index in [-0.39, 0.29) is 5.82 Å². The Morgan fingerprint density at radius 3 is 2.46 bits per heavy atom. The minimum Gasteiger partial charge on any atom is -0.383 e. The lowest BCUT2D eigenvalue weighted by atomic mass is 10.1. The number of benzene rings is 2. The Kier molecular flexibility index (Phi) is 3.93. The van der Waals surface area contributed by atoms with Crippen molar-refractivity contribution in [3.05, 3.63) is 60.4 Å². The van der Waals surface area contributed by atoms with Crippen molar-refractivity contribution < 1.29 is 4.39 Å². The van der Waals surface area contributed by atoms with Gasteiger partial charge in [0.05, 0.1) is 16.8 Å². The van der Waals surface area contributed by atoms with Crippen molar-refractivity contribution in [3.63, 3.8) is 0 Å². The summed E-state index contributed by atoms with van der Waals surface area (Å²) in [6, 6.07) is 16.1. The molecule has 1 aliphatic heterocycles. The van der Waals surface area contributed by atoms with Crippen LogP contribution in [0.25, 0.3) is 28.0 Å². The molecule has 6 nitrogen and oxygen atoms in total. The van der Waals surface area contributed by atoms with Gasteiger partial charge in [0.2, 0.25) is 5.95 Å². The fourth-order valence-electron chi connectivity index (χ4n) is 3.67. The maximum Gasteiger partial charge on any atom is 0.228 e. The molecule has 4 aromatic rings. The zero-order chi connectivity index (χ0) is 19.1. The van der Waals surface area contributed by atoms with Gasteiger partial charge in [0.1, 0.15) is 11.6 Å². The molecule has 7 heteroatoms. The van der Waals surface area contributed by atoms with Gasteiger partial charge in [-0.3, -0.25) is 0 Å². The normalized spacial score (nSPS) is 14.1. The van der Waals surface area contributed by atoms with Gasteiger partial charge >= 0.3 is 0 Å². The molecule has 0 bridgehead atoms. The predicted octanol–water partition coefficient (Wildman–Crippen LogP) is 3.80. The van der Waals surface area contributed by atoms with E-state index in [0.29, 0.717) is 28.5 Å². The third kappa shape index (κ3) is 2.76. The number of nitrogen functional groups attached to an aromatic ring is 1. The molecule has 3 heterocycles. The quantitative estimate of drug-likeness (QED) is 0.590. The van der Waals surface area contributed by atoms with Gasteiger partial charge in [-0.25, -0.2) is 14.1 Å². The number of hydrogen-bond donors (Lipinski definition) is 1. The molecule has 5 rings (SSSR count). The minimum atomic E-state index is -0.344. The number of rotatable bonds is 3. The van der Waals surface area contributed by atoms with Crippen molar-refractivity contribution >= 4 is 22.8 Å². The lowest BCUT2D eigenvalue weighted by molar-refractivity contribution is 0.625. The monoisotopic (exact) mass is 374 g/mol. The summed E-state index contributed by atoms with van der Waals surface area (Å²) in [5.41, 5.74) is 9.20. The standard InChI is InChI=1S/C21H19FN6/c22-15-9-6-10-16(13-15)28-19(23)17-18(14-7-2-1-3-8-14)24-21(25-20(17)26-28)27-11-4-5-12-27/h1-3,6-10,13H,4-5,11-12,23H2. The zero-order valence-corrected chi connectivity index (χ0v) is 15.2. The van der Waals surface area contributed by atoms with Crippen molar-refractivity contribution in [2.75, 3.05) is 23.7 Å². The number of anilines is 2. The summed E-state index contributed by atoms with van der Waals surface area (Å²) >= 11 is 0. The maximum atomic E-state index is 13.7. The van der Waals surface area contributed by atoms with Crippen LogP contribution in [0.2, 0.25) is 0 Å². The molecule has 0 radical (unpaired) electrons. The van der Waals surface area contributed by atoms with Crippen molar-refractivity contribution in [1.82, 2.24) is 19.7 Å². The Balaban J connectivity index is 1.77. The van der Waals surface area contributed by atoms with Crippen LogP contribution in [0.1, 0.15) is 12.8 Å². The van der Waals surface area contributed by atoms with Crippen LogP contribution in [0.3, 0.4) is 0 Å². The van der Waals surface area contributed by atoms with Gasteiger partial charge in [-0.05, 0) is 31.0 Å². The molecule has 28 heavy (non-hydrogen) atoms. The number of fused-ring (bicyclic) bond motifs is 1. The summed E-state index contributed by atoms with van der Waals surface area (Å²) in [7, 11) is 0. The van der Waals surface area contributed by atoms with Crippen LogP contribution in [0.5, 0.6) is 0 Å². The van der Waals surface area contributed by atoms with Crippen LogP contribution in [0.4, 0.5) is 16.2 Å². The first-order valence-corrected chi connectivity index (χ1v) is 9.33. The molecular formula is C21H19FN6. The van der Waals surface area contributed by atoms with E-state index in [2.05, 4.69) is 15.0 Å². The molecule has 1 fully saturated rings. The molecule has 2 aromatic heterocycles. The van der Waals surface area contributed by atoms with E-state index in [0.717, 1.165) is 37.2 Å². The second kappa shape index (κ2) is 6.60. The van der Waals surface area contributed by atoms with Crippen molar-refractivity contribution in [3.8, 4) is 16.9 Å². The summed E-state index contributed by atoms with van der Waals surface area (Å²) in [5, 5.41) is 5.27. The highest BCUT2D eigenvalue weighted by atomic mass is 19.1. The average molecular weight is 374 g/mol. The number of hydrogen-bond acceptors (Lipinski definition) is 5. The van der Waals surface area contributed by atoms with Gasteiger partial charge in [-0.1, -0.05) is 36.4 Å². The molecule has 0 spiro atoms. The average Bonchev–Trinajstić information content (AvgIpc) is 3.37. The Labute approximate surface area is 161 Å². The van der Waals surface area contributed by atoms with Crippen LogP contribution in [-0.4, -0.2) is 32.8 Å². The van der Waals surface area contributed by atoms with Crippen molar-refractivity contribution in [1.29, 1.82) is 0 Å². The molecule has 2 aromatic carbocycles. The van der Waals surface area contributed by atoms with Crippen molar-refractivity contribution in [2.24, 2.45) is 0 Å². The second-order valence-electron chi connectivity index (χ2n) is 6.91. The Morgan fingerprint density at radius 1 is 0.929 bits per heavy atom. The summed E-state index contributed by atoms with van der Waals surface area (Å²) in [6.45, 7) is 1.86. The second-order valence-corrected chi connectivity index (χ2v) is 6.91. The summed E-state index contributed by atoms with van der Waals surface area (Å²) in [4.78, 5) is 11.7. The van der Waals surface area contributed by atoms with Gasteiger partial charge in [-0.15, -0.1) is 5.10 Å². The Morgan fingerprint density at radius 2 is 1.71 bits per heavy atom. The van der Waals surface area contributed by atoms with Crippen LogP contribution in [0.15, 0.2) is 54.6 Å². The van der Waals surface area contributed by atoms with E-state index >= 15 is 0 Å². The molecule has 1 aliphatic rings. The van der Waals surface area contributed by atoms with Crippen molar-refractivity contribution in [2.45, 2.75) is 12.8 Å². The highest BCUT2D eigenvalue weighted by molar-refractivity contribution is 5.99. The minimum absolute atomic E-state index is 0.344. The first-order chi connectivity index (χ1) is 13.7. The van der Waals surface area contributed by atoms with E-state index < -0.39 is 0 Å². The van der Waals surface area contributed by atoms with Gasteiger partial charge in [0.15, 0.2) is 5.65 Å². The smallest absolute Gasteiger partial charge is 0.228 e. The lowest BCUT2D eigenvalue weighted by Crippen LogP contribution is -2.20. The van der Waals surface area contributed by atoms with Crippen LogP contribution in [-0.2, 0) is 0 Å². The van der Waals surface area contributed by atoms with Gasteiger partial charge in [-0.2, -0.15) is 4.98 Å². The highest BCUT2D eigenvalue weighted by Gasteiger charge is 2.22. The molecule has 0 amide bonds. The van der Waals surface area contributed by atoms with Crippen LogP contribution < -0.4 is 10.6 Å². The fraction of sp³-hybridized carbons (Fsp3) is 0.190. The third-order valence-electron chi connectivity index (χ3n) is 5.05. The SMILES string of the molecule is Nc1c2c(-c3ccccc3)nc(N3CCCC3)nc2nn1-c1cccc(F)c1. The van der Waals surface area contributed by atoms with Crippen LogP contribution >= 0.6 is 0 Å². The van der Waals surface area contributed by atoms with E-state index in [4.69, 9.17) is 10.7 Å². The van der Waals surface area contributed by atoms with E-state index in [1.165, 1.54) is 16.8 Å².